The Morgan fingerprint density at radius 1 is 1.54 bits per heavy atom. The molecule has 2 unspecified atom stereocenters. The highest BCUT2D eigenvalue weighted by Gasteiger charge is 2.16. The molecule has 13 heavy (non-hydrogen) atoms. The molecule has 0 saturated heterocycles. The van der Waals surface area contributed by atoms with Gasteiger partial charge in [0.2, 0.25) is 0 Å². The van der Waals surface area contributed by atoms with E-state index in [-0.39, 0.29) is 11.3 Å². The Bertz CT molecular complexity index is 275. The predicted molar refractivity (Wildman–Crippen MR) is 55.1 cm³/mol. The van der Waals surface area contributed by atoms with Crippen molar-refractivity contribution in [1.82, 2.24) is 9.97 Å². The van der Waals surface area contributed by atoms with E-state index in [4.69, 9.17) is 11.6 Å². The maximum atomic E-state index is 6.12. The van der Waals surface area contributed by atoms with E-state index in [9.17, 15) is 0 Å². The van der Waals surface area contributed by atoms with E-state index in [1.807, 2.05) is 13.0 Å². The molecule has 2 nitrogen and oxygen atoms in total. The van der Waals surface area contributed by atoms with Gasteiger partial charge in [0.1, 0.15) is 5.82 Å². The number of aryl methyl sites for hydroxylation is 1. The van der Waals surface area contributed by atoms with E-state index >= 15 is 0 Å². The van der Waals surface area contributed by atoms with Crippen molar-refractivity contribution >= 4 is 11.6 Å². The van der Waals surface area contributed by atoms with Crippen molar-refractivity contribution in [2.75, 3.05) is 0 Å². The zero-order valence-corrected chi connectivity index (χ0v) is 9.04. The summed E-state index contributed by atoms with van der Waals surface area (Å²) in [5.41, 5.74) is 0.997. The van der Waals surface area contributed by atoms with Gasteiger partial charge in [0.05, 0.1) is 0 Å². The molecule has 0 aromatic carbocycles. The minimum Gasteiger partial charge on any atom is -0.241 e. The summed E-state index contributed by atoms with van der Waals surface area (Å²) >= 11 is 6.12. The minimum absolute atomic E-state index is 0.127. The summed E-state index contributed by atoms with van der Waals surface area (Å²) in [6, 6.07) is 1.89. The Labute approximate surface area is 84.4 Å². The van der Waals surface area contributed by atoms with Gasteiger partial charge in [-0.3, -0.25) is 0 Å². The van der Waals surface area contributed by atoms with Gasteiger partial charge in [-0.05, 0) is 19.4 Å². The number of nitrogens with zero attached hydrogens (tertiary/aromatic N) is 2. The Morgan fingerprint density at radius 3 is 2.77 bits per heavy atom. The van der Waals surface area contributed by atoms with Gasteiger partial charge in [-0.25, -0.2) is 9.97 Å². The van der Waals surface area contributed by atoms with Gasteiger partial charge in [-0.15, -0.1) is 11.6 Å². The zero-order valence-electron chi connectivity index (χ0n) is 8.29. The van der Waals surface area contributed by atoms with Crippen molar-refractivity contribution < 1.29 is 0 Å². The van der Waals surface area contributed by atoms with Crippen LogP contribution in [0.25, 0.3) is 0 Å². The molecule has 0 aliphatic rings. The first-order valence-corrected chi connectivity index (χ1v) is 5.02. The first kappa shape index (κ1) is 10.5. The van der Waals surface area contributed by atoms with Crippen molar-refractivity contribution in [3.8, 4) is 0 Å². The summed E-state index contributed by atoms with van der Waals surface area (Å²) < 4.78 is 0. The van der Waals surface area contributed by atoms with Crippen LogP contribution in [0.5, 0.6) is 0 Å². The van der Waals surface area contributed by atoms with Crippen LogP contribution < -0.4 is 0 Å². The summed E-state index contributed by atoms with van der Waals surface area (Å²) in [6.07, 6.45) is 2.73. The lowest BCUT2D eigenvalue weighted by Crippen LogP contribution is -2.12. The maximum absolute atomic E-state index is 6.12. The van der Waals surface area contributed by atoms with Gasteiger partial charge in [0, 0.05) is 23.2 Å². The molecule has 0 radical (unpaired) electrons. The molecule has 0 fully saturated rings. The fourth-order valence-corrected chi connectivity index (χ4v) is 1.32. The van der Waals surface area contributed by atoms with Crippen LogP contribution in [0.3, 0.4) is 0 Å². The number of halogens is 1. The Balaban J connectivity index is 2.82. The quantitative estimate of drug-likeness (QED) is 0.698. The lowest BCUT2D eigenvalue weighted by atomic mass is 10.0. The highest BCUT2D eigenvalue weighted by atomic mass is 35.5. The van der Waals surface area contributed by atoms with Crippen LogP contribution in [0.1, 0.15) is 37.7 Å². The van der Waals surface area contributed by atoms with Crippen molar-refractivity contribution in [3.05, 3.63) is 23.8 Å². The SMILES string of the molecule is CCC(Cl)C(C)c1nccc(C)n1. The summed E-state index contributed by atoms with van der Waals surface area (Å²) in [7, 11) is 0. The largest absolute Gasteiger partial charge is 0.241 e. The van der Waals surface area contributed by atoms with Crippen LogP contribution in [-0.4, -0.2) is 15.3 Å². The molecule has 0 bridgehead atoms. The number of alkyl halides is 1. The second-order valence-corrected chi connectivity index (χ2v) is 3.83. The number of aromatic nitrogens is 2. The second-order valence-electron chi connectivity index (χ2n) is 3.27. The molecule has 3 heteroatoms. The average Bonchev–Trinajstić information content (AvgIpc) is 2.15. The second kappa shape index (κ2) is 4.56. The maximum Gasteiger partial charge on any atom is 0.132 e. The van der Waals surface area contributed by atoms with Gasteiger partial charge < -0.3 is 0 Å². The van der Waals surface area contributed by atoms with Gasteiger partial charge in [0.25, 0.3) is 0 Å². The van der Waals surface area contributed by atoms with Crippen molar-refractivity contribution in [1.29, 1.82) is 0 Å². The topological polar surface area (TPSA) is 25.8 Å². The molecule has 1 rings (SSSR count). The molecular weight excluding hydrogens is 184 g/mol. The third-order valence-electron chi connectivity index (χ3n) is 2.15. The third-order valence-corrected chi connectivity index (χ3v) is 2.84. The summed E-state index contributed by atoms with van der Waals surface area (Å²) in [5.74, 6) is 1.08. The van der Waals surface area contributed by atoms with E-state index in [2.05, 4.69) is 23.8 Å². The van der Waals surface area contributed by atoms with Crippen molar-refractivity contribution in [2.24, 2.45) is 0 Å². The number of hydrogen-bond acceptors (Lipinski definition) is 2. The van der Waals surface area contributed by atoms with E-state index in [1.54, 1.807) is 6.20 Å². The first-order chi connectivity index (χ1) is 6.15. The lowest BCUT2D eigenvalue weighted by Gasteiger charge is -2.14. The zero-order chi connectivity index (χ0) is 9.84. The average molecular weight is 199 g/mol. The highest BCUT2D eigenvalue weighted by molar-refractivity contribution is 6.21. The molecule has 2 atom stereocenters. The molecule has 0 spiro atoms. The van der Waals surface area contributed by atoms with Crippen molar-refractivity contribution in [2.45, 2.75) is 38.5 Å². The van der Waals surface area contributed by atoms with E-state index < -0.39 is 0 Å². The van der Waals surface area contributed by atoms with Crippen LogP contribution in [-0.2, 0) is 0 Å². The Hall–Kier alpha value is -0.630. The molecule has 0 amide bonds. The van der Waals surface area contributed by atoms with Crippen LogP contribution in [0.2, 0.25) is 0 Å². The van der Waals surface area contributed by atoms with Crippen molar-refractivity contribution in [3.63, 3.8) is 0 Å². The number of hydrogen-bond donors (Lipinski definition) is 0. The van der Waals surface area contributed by atoms with Gasteiger partial charge in [0.15, 0.2) is 0 Å². The smallest absolute Gasteiger partial charge is 0.132 e. The van der Waals surface area contributed by atoms with Gasteiger partial charge >= 0.3 is 0 Å². The normalized spacial score (nSPS) is 15.4. The minimum atomic E-state index is 0.127. The van der Waals surface area contributed by atoms with E-state index in [0.717, 1.165) is 17.9 Å². The molecule has 0 aliphatic carbocycles. The van der Waals surface area contributed by atoms with E-state index in [0.29, 0.717) is 0 Å². The molecule has 1 aromatic rings. The first-order valence-electron chi connectivity index (χ1n) is 4.58. The van der Waals surface area contributed by atoms with Crippen LogP contribution >= 0.6 is 11.6 Å². The molecule has 1 heterocycles. The number of rotatable bonds is 3. The molecule has 72 valence electrons. The van der Waals surface area contributed by atoms with Crippen LogP contribution in [0.4, 0.5) is 0 Å². The van der Waals surface area contributed by atoms with Crippen LogP contribution in [0, 0.1) is 6.92 Å². The van der Waals surface area contributed by atoms with Gasteiger partial charge in [-0.2, -0.15) is 0 Å². The highest BCUT2D eigenvalue weighted by Crippen LogP contribution is 2.22. The van der Waals surface area contributed by atoms with Gasteiger partial charge in [-0.1, -0.05) is 13.8 Å². The molecule has 0 N–H and O–H groups in total. The Kier molecular flexibility index (Phi) is 3.67. The predicted octanol–water partition coefficient (Wildman–Crippen LogP) is 2.91. The summed E-state index contributed by atoms with van der Waals surface area (Å²) in [5, 5.41) is 0.127. The monoisotopic (exact) mass is 198 g/mol. The standard InChI is InChI=1S/C10H15ClN2/c1-4-9(11)8(3)10-12-6-5-7(2)13-10/h5-6,8-9H,4H2,1-3H3. The Morgan fingerprint density at radius 2 is 2.23 bits per heavy atom. The van der Waals surface area contributed by atoms with E-state index in [1.165, 1.54) is 0 Å². The molecule has 1 aromatic heterocycles. The molecule has 0 saturated carbocycles. The fraction of sp³-hybridized carbons (Fsp3) is 0.600. The lowest BCUT2D eigenvalue weighted by molar-refractivity contribution is 0.632. The molecular formula is C10H15ClN2. The summed E-state index contributed by atoms with van der Waals surface area (Å²) in [4.78, 5) is 8.56. The summed E-state index contributed by atoms with van der Waals surface area (Å²) in [6.45, 7) is 6.10. The third kappa shape index (κ3) is 2.66. The van der Waals surface area contributed by atoms with Crippen LogP contribution in [0.15, 0.2) is 12.3 Å². The molecule has 0 aliphatic heterocycles. The fourth-order valence-electron chi connectivity index (χ4n) is 1.20.